The van der Waals surface area contributed by atoms with E-state index in [4.69, 9.17) is 4.74 Å². The number of aromatic nitrogens is 2. The van der Waals surface area contributed by atoms with Crippen molar-refractivity contribution in [2.75, 3.05) is 6.61 Å². The number of rotatable bonds is 5. The summed E-state index contributed by atoms with van der Waals surface area (Å²) in [5, 5.41) is 3.59. The highest BCUT2D eigenvalue weighted by Gasteiger charge is 2.26. The number of esters is 1. The van der Waals surface area contributed by atoms with E-state index in [0.717, 1.165) is 56.9 Å². The van der Waals surface area contributed by atoms with Crippen molar-refractivity contribution in [3.63, 3.8) is 0 Å². The van der Waals surface area contributed by atoms with E-state index in [1.807, 2.05) is 0 Å². The summed E-state index contributed by atoms with van der Waals surface area (Å²) in [5.41, 5.74) is 0.738. The van der Waals surface area contributed by atoms with Crippen LogP contribution in [-0.2, 0) is 28.9 Å². The molecule has 4 rings (SSSR count). The zero-order valence-electron chi connectivity index (χ0n) is 16.8. The summed E-state index contributed by atoms with van der Waals surface area (Å²) in [7, 11) is 0. The van der Waals surface area contributed by atoms with E-state index in [1.165, 1.54) is 27.2 Å². The average molecular weight is 418 g/mol. The van der Waals surface area contributed by atoms with Crippen molar-refractivity contribution in [1.82, 2.24) is 14.9 Å². The predicted molar refractivity (Wildman–Crippen MR) is 111 cm³/mol. The normalized spacial score (nSPS) is 17.1. The zero-order chi connectivity index (χ0) is 20.4. The smallest absolute Gasteiger partial charge is 0.374 e. The molecule has 2 aromatic heterocycles. The molecule has 8 heteroatoms. The molecular weight excluding hydrogens is 390 g/mol. The molecule has 2 aliphatic carbocycles. The molecule has 1 N–H and O–H groups in total. The molecular formula is C21H27N3O4S. The minimum Gasteiger partial charge on any atom is -0.460 e. The molecule has 0 spiro atoms. The molecule has 0 aliphatic heterocycles. The van der Waals surface area contributed by atoms with E-state index in [0.29, 0.717) is 10.2 Å². The van der Waals surface area contributed by atoms with Crippen molar-refractivity contribution in [3.05, 3.63) is 26.6 Å². The molecule has 7 nitrogen and oxygen atoms in total. The van der Waals surface area contributed by atoms with Gasteiger partial charge in [0.25, 0.3) is 5.56 Å². The van der Waals surface area contributed by atoms with Gasteiger partial charge in [-0.1, -0.05) is 19.3 Å². The number of hydrogen-bond acceptors (Lipinski definition) is 6. The molecule has 0 aromatic carbocycles. The number of hydrogen-bond donors (Lipinski definition) is 1. The maximum atomic E-state index is 13.4. The number of carbonyl (C=O) groups is 2. The Morgan fingerprint density at radius 3 is 2.69 bits per heavy atom. The van der Waals surface area contributed by atoms with Crippen molar-refractivity contribution in [1.29, 1.82) is 0 Å². The first kappa shape index (κ1) is 20.1. The molecule has 1 amide bonds. The van der Waals surface area contributed by atoms with Crippen LogP contribution in [0.3, 0.4) is 0 Å². The van der Waals surface area contributed by atoms with Crippen molar-refractivity contribution in [2.24, 2.45) is 0 Å². The van der Waals surface area contributed by atoms with E-state index in [2.05, 4.69) is 10.3 Å². The highest BCUT2D eigenvalue weighted by atomic mass is 32.1. The minimum atomic E-state index is -0.664. The Morgan fingerprint density at radius 2 is 1.93 bits per heavy atom. The molecule has 0 radical (unpaired) electrons. The number of carbonyl (C=O) groups excluding carboxylic acids is 2. The Morgan fingerprint density at radius 1 is 1.17 bits per heavy atom. The molecule has 0 unspecified atom stereocenters. The fraction of sp³-hybridized carbons (Fsp3) is 0.619. The number of nitrogens with one attached hydrogen (secondary N) is 1. The summed E-state index contributed by atoms with van der Waals surface area (Å²) in [6.07, 6.45) is 9.25. The van der Waals surface area contributed by atoms with Gasteiger partial charge in [-0.2, -0.15) is 0 Å². The van der Waals surface area contributed by atoms with E-state index in [9.17, 15) is 14.4 Å². The van der Waals surface area contributed by atoms with Crippen molar-refractivity contribution >= 4 is 33.4 Å². The molecule has 2 heterocycles. The Kier molecular flexibility index (Phi) is 5.99. The van der Waals surface area contributed by atoms with Gasteiger partial charge in [-0.3, -0.25) is 14.2 Å². The van der Waals surface area contributed by atoms with Crippen LogP contribution in [0.5, 0.6) is 0 Å². The van der Waals surface area contributed by atoms with Gasteiger partial charge in [0.05, 0.1) is 12.0 Å². The van der Waals surface area contributed by atoms with Crippen LogP contribution in [0.15, 0.2) is 4.79 Å². The number of ether oxygens (including phenoxy) is 1. The lowest BCUT2D eigenvalue weighted by atomic mass is 9.95. The van der Waals surface area contributed by atoms with Gasteiger partial charge in [0, 0.05) is 10.9 Å². The fourth-order valence-corrected chi connectivity index (χ4v) is 5.65. The van der Waals surface area contributed by atoms with Gasteiger partial charge in [0.1, 0.15) is 11.4 Å². The van der Waals surface area contributed by atoms with Gasteiger partial charge in [0.15, 0.2) is 0 Å². The van der Waals surface area contributed by atoms with Crippen LogP contribution in [0.1, 0.15) is 72.9 Å². The number of fused-ring (bicyclic) bond motifs is 3. The maximum absolute atomic E-state index is 13.4. The first-order valence-electron chi connectivity index (χ1n) is 10.6. The Hall–Kier alpha value is -2.22. The van der Waals surface area contributed by atoms with Crippen LogP contribution in [0.25, 0.3) is 10.2 Å². The summed E-state index contributed by atoms with van der Waals surface area (Å²) in [6.45, 7) is 1.68. The lowest BCUT2D eigenvalue weighted by Gasteiger charge is -2.23. The monoisotopic (exact) mass is 417 g/mol. The fourth-order valence-electron chi connectivity index (χ4n) is 4.40. The third-order valence-electron chi connectivity index (χ3n) is 5.80. The minimum absolute atomic E-state index is 0.0817. The molecule has 2 aromatic rings. The number of thiophene rings is 1. The summed E-state index contributed by atoms with van der Waals surface area (Å²) >= 11 is 1.49. The van der Waals surface area contributed by atoms with Gasteiger partial charge in [-0.25, -0.2) is 9.78 Å². The largest absolute Gasteiger partial charge is 0.460 e. The second kappa shape index (κ2) is 8.65. The van der Waals surface area contributed by atoms with Crippen LogP contribution in [0, 0.1) is 0 Å². The molecule has 0 saturated heterocycles. The standard InChI is InChI=1S/C21H27N3O4S/c1-2-28-21(27)18-23-19-17(14-10-6-7-11-15(14)29-19)20(26)24(18)12-16(25)22-13-8-4-3-5-9-13/h13H,2-12H2,1H3,(H,22,25). The van der Waals surface area contributed by atoms with E-state index >= 15 is 0 Å². The number of nitrogens with zero attached hydrogens (tertiary/aromatic N) is 2. The molecule has 29 heavy (non-hydrogen) atoms. The van der Waals surface area contributed by atoms with Crippen LogP contribution in [0.4, 0.5) is 0 Å². The van der Waals surface area contributed by atoms with Gasteiger partial charge >= 0.3 is 5.97 Å². The molecule has 156 valence electrons. The van der Waals surface area contributed by atoms with Crippen molar-refractivity contribution < 1.29 is 14.3 Å². The molecule has 1 saturated carbocycles. The van der Waals surface area contributed by atoms with Crippen LogP contribution >= 0.6 is 11.3 Å². The third-order valence-corrected chi connectivity index (χ3v) is 6.99. The molecule has 2 aliphatic rings. The number of aryl methyl sites for hydroxylation is 2. The van der Waals surface area contributed by atoms with Crippen molar-refractivity contribution in [2.45, 2.75) is 77.3 Å². The maximum Gasteiger partial charge on any atom is 0.374 e. The SMILES string of the molecule is CCOC(=O)c1nc2sc3c(c2c(=O)n1CC(=O)NC1CCCCC1)CCCC3. The van der Waals surface area contributed by atoms with Crippen LogP contribution in [0.2, 0.25) is 0 Å². The summed E-state index contributed by atoms with van der Waals surface area (Å²) in [4.78, 5) is 44.8. The highest BCUT2D eigenvalue weighted by Crippen LogP contribution is 2.33. The average Bonchev–Trinajstić information content (AvgIpc) is 3.09. The summed E-state index contributed by atoms with van der Waals surface area (Å²) < 4.78 is 6.33. The van der Waals surface area contributed by atoms with Crippen molar-refractivity contribution in [3.8, 4) is 0 Å². The molecule has 1 fully saturated rings. The summed E-state index contributed by atoms with van der Waals surface area (Å²) in [6, 6.07) is 0.142. The second-order valence-electron chi connectivity index (χ2n) is 7.84. The Labute approximate surface area is 173 Å². The van der Waals surface area contributed by atoms with Crippen LogP contribution in [-0.4, -0.2) is 34.1 Å². The van der Waals surface area contributed by atoms with Gasteiger partial charge in [0.2, 0.25) is 11.7 Å². The first-order chi connectivity index (χ1) is 14.1. The van der Waals surface area contributed by atoms with E-state index in [-0.39, 0.29) is 36.5 Å². The first-order valence-corrected chi connectivity index (χ1v) is 11.4. The molecule has 0 atom stereocenters. The lowest BCUT2D eigenvalue weighted by Crippen LogP contribution is -2.41. The second-order valence-corrected chi connectivity index (χ2v) is 8.92. The lowest BCUT2D eigenvalue weighted by molar-refractivity contribution is -0.122. The Bertz CT molecular complexity index is 988. The third kappa shape index (κ3) is 4.08. The predicted octanol–water partition coefficient (Wildman–Crippen LogP) is 2.96. The number of amides is 1. The van der Waals surface area contributed by atoms with Gasteiger partial charge in [-0.15, -0.1) is 11.3 Å². The van der Waals surface area contributed by atoms with E-state index < -0.39 is 5.97 Å². The zero-order valence-corrected chi connectivity index (χ0v) is 17.6. The Balaban J connectivity index is 1.72. The topological polar surface area (TPSA) is 90.3 Å². The van der Waals surface area contributed by atoms with E-state index in [1.54, 1.807) is 6.92 Å². The highest BCUT2D eigenvalue weighted by molar-refractivity contribution is 7.18. The van der Waals surface area contributed by atoms with Gasteiger partial charge in [-0.05, 0) is 51.0 Å². The van der Waals surface area contributed by atoms with Crippen LogP contribution < -0.4 is 10.9 Å². The summed E-state index contributed by atoms with van der Waals surface area (Å²) in [5.74, 6) is -1.00. The molecule has 0 bridgehead atoms. The quantitative estimate of drug-likeness (QED) is 0.756. The van der Waals surface area contributed by atoms with Gasteiger partial charge < -0.3 is 10.1 Å².